The topological polar surface area (TPSA) is 15.3 Å². The number of benzene rings is 1. The van der Waals surface area contributed by atoms with E-state index in [0.29, 0.717) is 6.04 Å². The van der Waals surface area contributed by atoms with Crippen LogP contribution in [0.2, 0.25) is 0 Å². The molecule has 0 saturated heterocycles. The van der Waals surface area contributed by atoms with E-state index in [0.717, 1.165) is 6.42 Å². The molecule has 0 radical (unpaired) electrons. The van der Waals surface area contributed by atoms with E-state index in [2.05, 4.69) is 71.6 Å². The highest BCUT2D eigenvalue weighted by Gasteiger charge is 2.40. The van der Waals surface area contributed by atoms with Crippen molar-refractivity contribution in [3.63, 3.8) is 0 Å². The second kappa shape index (κ2) is 7.75. The molecule has 1 aromatic carbocycles. The molecule has 118 valence electrons. The Balaban J connectivity index is 2.25. The van der Waals surface area contributed by atoms with E-state index in [1.807, 2.05) is 0 Å². The van der Waals surface area contributed by atoms with Crippen LogP contribution in [-0.4, -0.2) is 37.6 Å². The Hall–Kier alpha value is -0.380. The van der Waals surface area contributed by atoms with E-state index in [1.165, 1.54) is 48.6 Å². The zero-order valence-corrected chi connectivity index (χ0v) is 15.2. The van der Waals surface area contributed by atoms with Gasteiger partial charge < -0.3 is 10.2 Å². The van der Waals surface area contributed by atoms with Gasteiger partial charge in [-0.05, 0) is 52.0 Å². The molecule has 1 unspecified atom stereocenters. The number of hydrogen-bond donors (Lipinski definition) is 1. The minimum Gasteiger partial charge on any atom is -0.315 e. The average Bonchev–Trinajstić information content (AvgIpc) is 2.73. The largest absolute Gasteiger partial charge is 0.315 e. The van der Waals surface area contributed by atoms with Crippen molar-refractivity contribution in [2.24, 2.45) is 0 Å². The molecule has 0 spiro atoms. The molecule has 1 aliphatic carbocycles. The van der Waals surface area contributed by atoms with Gasteiger partial charge in [0.15, 0.2) is 0 Å². The van der Waals surface area contributed by atoms with Gasteiger partial charge in [-0.25, -0.2) is 0 Å². The fraction of sp³-hybridized carbons (Fsp3) is 0.667. The van der Waals surface area contributed by atoms with E-state index >= 15 is 0 Å². The first-order valence-electron chi connectivity index (χ1n) is 8.18. The summed E-state index contributed by atoms with van der Waals surface area (Å²) in [5.74, 6) is 0. The lowest BCUT2D eigenvalue weighted by Crippen LogP contribution is -2.59. The van der Waals surface area contributed by atoms with Crippen LogP contribution in [0.4, 0.5) is 0 Å². The minimum absolute atomic E-state index is 0.278. The summed E-state index contributed by atoms with van der Waals surface area (Å²) in [4.78, 5) is 2.48. The van der Waals surface area contributed by atoms with Crippen molar-refractivity contribution in [1.82, 2.24) is 10.2 Å². The van der Waals surface area contributed by atoms with Crippen LogP contribution in [-0.2, 0) is 6.42 Å². The fourth-order valence-electron chi connectivity index (χ4n) is 3.89. The zero-order valence-electron chi connectivity index (χ0n) is 13.7. The predicted molar refractivity (Wildman–Crippen MR) is 94.8 cm³/mol. The van der Waals surface area contributed by atoms with Crippen LogP contribution >= 0.6 is 15.9 Å². The standard InChI is InChI=1S/C18H29BrN2/c1-20-17(14-15-10-6-7-11-16(15)19)18(21(2)3)12-8-4-5-9-13-18/h6-7,10-11,17,20H,4-5,8-9,12-14H2,1-3H3. The van der Waals surface area contributed by atoms with Crippen molar-refractivity contribution in [2.45, 2.75) is 56.5 Å². The molecule has 1 atom stereocenters. The van der Waals surface area contributed by atoms with Gasteiger partial charge in [0.1, 0.15) is 0 Å². The van der Waals surface area contributed by atoms with Crippen LogP contribution in [0.15, 0.2) is 28.7 Å². The van der Waals surface area contributed by atoms with Gasteiger partial charge >= 0.3 is 0 Å². The first kappa shape index (κ1) is 17.0. The highest BCUT2D eigenvalue weighted by molar-refractivity contribution is 9.10. The second-order valence-corrected chi connectivity index (χ2v) is 7.40. The molecule has 0 amide bonds. The molecule has 0 heterocycles. The molecule has 2 nitrogen and oxygen atoms in total. The van der Waals surface area contributed by atoms with E-state index in [9.17, 15) is 0 Å². The molecule has 3 heteroatoms. The number of nitrogens with zero attached hydrogens (tertiary/aromatic N) is 1. The summed E-state index contributed by atoms with van der Waals surface area (Å²) in [5.41, 5.74) is 1.68. The quantitative estimate of drug-likeness (QED) is 0.797. The molecule has 2 rings (SSSR count). The molecule has 1 saturated carbocycles. The monoisotopic (exact) mass is 352 g/mol. The summed E-state index contributed by atoms with van der Waals surface area (Å²) in [6.07, 6.45) is 9.17. The molecule has 0 aliphatic heterocycles. The van der Waals surface area contributed by atoms with Crippen molar-refractivity contribution >= 4 is 15.9 Å². The molecular weight excluding hydrogens is 324 g/mol. The zero-order chi connectivity index (χ0) is 15.3. The molecule has 0 aromatic heterocycles. The molecule has 0 bridgehead atoms. The maximum Gasteiger partial charge on any atom is 0.0359 e. The van der Waals surface area contributed by atoms with Crippen LogP contribution in [0.3, 0.4) is 0 Å². The second-order valence-electron chi connectivity index (χ2n) is 6.55. The van der Waals surface area contributed by atoms with Gasteiger partial charge in [0, 0.05) is 16.1 Å². The third kappa shape index (κ3) is 3.88. The Morgan fingerprint density at radius 2 is 1.76 bits per heavy atom. The fourth-order valence-corrected chi connectivity index (χ4v) is 4.34. The van der Waals surface area contributed by atoms with Crippen LogP contribution in [0.1, 0.15) is 44.1 Å². The number of hydrogen-bond acceptors (Lipinski definition) is 2. The Kier molecular flexibility index (Phi) is 6.27. The molecule has 1 aromatic rings. The maximum atomic E-state index is 3.71. The summed E-state index contributed by atoms with van der Waals surface area (Å²) in [7, 11) is 6.64. The van der Waals surface area contributed by atoms with Crippen LogP contribution in [0.5, 0.6) is 0 Å². The predicted octanol–water partition coefficient (Wildman–Crippen LogP) is 4.23. The lowest BCUT2D eigenvalue weighted by Gasteiger charge is -2.46. The van der Waals surface area contributed by atoms with Crippen LogP contribution in [0.25, 0.3) is 0 Å². The normalized spacial score (nSPS) is 20.2. The maximum absolute atomic E-state index is 3.71. The third-order valence-electron chi connectivity index (χ3n) is 5.24. The van der Waals surface area contributed by atoms with Gasteiger partial charge in [-0.1, -0.05) is 59.8 Å². The first-order chi connectivity index (χ1) is 10.1. The Morgan fingerprint density at radius 3 is 2.29 bits per heavy atom. The van der Waals surface area contributed by atoms with Crippen molar-refractivity contribution in [3.05, 3.63) is 34.3 Å². The van der Waals surface area contributed by atoms with Gasteiger partial charge in [-0.2, -0.15) is 0 Å². The van der Waals surface area contributed by atoms with Crippen LogP contribution in [0, 0.1) is 0 Å². The number of nitrogens with one attached hydrogen (secondary N) is 1. The SMILES string of the molecule is CNC(Cc1ccccc1Br)C1(N(C)C)CCCCCC1. The lowest BCUT2D eigenvalue weighted by molar-refractivity contribution is 0.0835. The van der Waals surface area contributed by atoms with Crippen molar-refractivity contribution in [1.29, 1.82) is 0 Å². The Bertz CT molecular complexity index is 437. The molecule has 1 aliphatic rings. The summed E-state index contributed by atoms with van der Waals surface area (Å²) >= 11 is 3.71. The molecule has 1 N–H and O–H groups in total. The third-order valence-corrected chi connectivity index (χ3v) is 6.01. The molecule has 21 heavy (non-hydrogen) atoms. The number of halogens is 1. The van der Waals surface area contributed by atoms with Gasteiger partial charge in [0.05, 0.1) is 0 Å². The highest BCUT2D eigenvalue weighted by Crippen LogP contribution is 2.36. The van der Waals surface area contributed by atoms with Gasteiger partial charge in [-0.3, -0.25) is 0 Å². The van der Waals surface area contributed by atoms with Crippen molar-refractivity contribution in [2.75, 3.05) is 21.1 Å². The summed E-state index contributed by atoms with van der Waals surface area (Å²) in [6, 6.07) is 9.12. The van der Waals surface area contributed by atoms with E-state index in [-0.39, 0.29) is 5.54 Å². The van der Waals surface area contributed by atoms with Gasteiger partial charge in [0.25, 0.3) is 0 Å². The average molecular weight is 353 g/mol. The number of rotatable bonds is 5. The van der Waals surface area contributed by atoms with Gasteiger partial charge in [-0.15, -0.1) is 0 Å². The highest BCUT2D eigenvalue weighted by atomic mass is 79.9. The smallest absolute Gasteiger partial charge is 0.0359 e. The summed E-state index contributed by atoms with van der Waals surface area (Å²) in [6.45, 7) is 0. The van der Waals surface area contributed by atoms with Crippen molar-refractivity contribution < 1.29 is 0 Å². The van der Waals surface area contributed by atoms with E-state index in [1.54, 1.807) is 0 Å². The molecule has 1 fully saturated rings. The number of likely N-dealkylation sites (N-methyl/N-ethyl adjacent to an activating group) is 2. The summed E-state index contributed by atoms with van der Waals surface area (Å²) in [5, 5.41) is 3.63. The molecular formula is C18H29BrN2. The lowest BCUT2D eigenvalue weighted by atomic mass is 9.78. The Labute approximate surface area is 138 Å². The summed E-state index contributed by atoms with van der Waals surface area (Å²) < 4.78 is 1.23. The Morgan fingerprint density at radius 1 is 1.14 bits per heavy atom. The van der Waals surface area contributed by atoms with Crippen molar-refractivity contribution in [3.8, 4) is 0 Å². The van der Waals surface area contributed by atoms with Gasteiger partial charge in [0.2, 0.25) is 0 Å². The van der Waals surface area contributed by atoms with E-state index in [4.69, 9.17) is 0 Å². The first-order valence-corrected chi connectivity index (χ1v) is 8.97. The minimum atomic E-state index is 0.278. The van der Waals surface area contributed by atoms with E-state index < -0.39 is 0 Å². The van der Waals surface area contributed by atoms with Crippen LogP contribution < -0.4 is 5.32 Å².